The largest absolute Gasteiger partial charge is 0.355 e. The fourth-order valence-corrected chi connectivity index (χ4v) is 3.94. The first-order valence-corrected chi connectivity index (χ1v) is 10.1. The summed E-state index contributed by atoms with van der Waals surface area (Å²) >= 11 is 0. The van der Waals surface area contributed by atoms with Gasteiger partial charge in [-0.1, -0.05) is 0 Å². The number of nitrogens with one attached hydrogen (secondary N) is 2. The third kappa shape index (κ3) is 3.41. The quantitative estimate of drug-likeness (QED) is 0.314. The predicted octanol–water partition coefficient (Wildman–Crippen LogP) is 6.60. The Morgan fingerprint density at radius 3 is 1.78 bits per heavy atom. The average molecular weight is 422 g/mol. The van der Waals surface area contributed by atoms with E-state index in [1.165, 1.54) is 6.07 Å². The molecule has 6 heteroatoms. The van der Waals surface area contributed by atoms with Gasteiger partial charge < -0.3 is 9.97 Å². The van der Waals surface area contributed by atoms with E-state index in [2.05, 4.69) is 19.9 Å². The van der Waals surface area contributed by atoms with Gasteiger partial charge in [-0.15, -0.1) is 0 Å². The van der Waals surface area contributed by atoms with E-state index in [9.17, 15) is 8.78 Å². The Bertz CT molecular complexity index is 1610. The molecule has 154 valence electrons. The molecule has 0 unspecified atom stereocenters. The Kier molecular flexibility index (Phi) is 4.11. The minimum Gasteiger partial charge on any atom is -0.355 e. The summed E-state index contributed by atoms with van der Waals surface area (Å²) in [5.74, 6) is -0.989. The highest BCUT2D eigenvalue weighted by Crippen LogP contribution is 2.30. The number of halogens is 2. The summed E-state index contributed by atoms with van der Waals surface area (Å²) in [5.41, 5.74) is 7.06. The van der Waals surface area contributed by atoms with Crippen molar-refractivity contribution in [2.75, 3.05) is 0 Å². The molecule has 4 aromatic rings. The number of aromatic amines is 2. The lowest BCUT2D eigenvalue weighted by Gasteiger charge is -2.01. The van der Waals surface area contributed by atoms with Crippen LogP contribution in [-0.4, -0.2) is 19.9 Å². The Hall–Kier alpha value is -4.32. The second-order valence-electron chi connectivity index (χ2n) is 7.71. The first kappa shape index (κ1) is 18.4. The van der Waals surface area contributed by atoms with E-state index < -0.39 is 11.6 Å². The summed E-state index contributed by atoms with van der Waals surface area (Å²) in [7, 11) is 0. The lowest BCUT2D eigenvalue weighted by molar-refractivity contribution is 0.603. The zero-order chi connectivity index (χ0) is 21.7. The highest BCUT2D eigenvalue weighted by molar-refractivity contribution is 5.88. The molecule has 2 aliphatic rings. The monoisotopic (exact) mass is 422 g/mol. The van der Waals surface area contributed by atoms with Crippen molar-refractivity contribution in [1.82, 2.24) is 19.9 Å². The average Bonchev–Trinajstić information content (AvgIpc) is 3.55. The van der Waals surface area contributed by atoms with Crippen LogP contribution in [0.1, 0.15) is 22.8 Å². The summed E-state index contributed by atoms with van der Waals surface area (Å²) in [6, 6.07) is 16.9. The summed E-state index contributed by atoms with van der Waals surface area (Å²) in [5, 5.41) is 0. The van der Waals surface area contributed by atoms with Gasteiger partial charge in [-0.05, 0) is 85.0 Å². The molecule has 0 fully saturated rings. The molecule has 6 rings (SSSR count). The van der Waals surface area contributed by atoms with Gasteiger partial charge in [0.2, 0.25) is 0 Å². The number of rotatable bonds is 1. The van der Waals surface area contributed by atoms with Crippen LogP contribution in [0.25, 0.3) is 57.5 Å². The van der Waals surface area contributed by atoms with Crippen molar-refractivity contribution < 1.29 is 8.78 Å². The summed E-state index contributed by atoms with van der Waals surface area (Å²) in [6.45, 7) is 0. The molecule has 0 atom stereocenters. The minimum atomic E-state index is -0.496. The van der Waals surface area contributed by atoms with Gasteiger partial charge in [0.1, 0.15) is 11.6 Å². The third-order valence-corrected chi connectivity index (χ3v) is 5.39. The standard InChI is InChI=1S/C26H16F2N4/c27-15-1-8-25(28)23(9-15)24-13-22-12-20-5-4-18(30-20)10-16-2-3-17(29-16)11-19-6-7-21(31-19)14-26(24)32-22/h1-14,29,32H. The van der Waals surface area contributed by atoms with E-state index in [1.807, 2.05) is 60.7 Å². The number of benzene rings is 1. The van der Waals surface area contributed by atoms with Crippen molar-refractivity contribution in [3.05, 3.63) is 95.1 Å². The van der Waals surface area contributed by atoms with Crippen LogP contribution in [0, 0.1) is 11.6 Å². The number of hydrogen-bond acceptors (Lipinski definition) is 2. The van der Waals surface area contributed by atoms with Gasteiger partial charge in [0, 0.05) is 33.2 Å². The molecule has 5 heterocycles. The van der Waals surface area contributed by atoms with Crippen molar-refractivity contribution in [2.45, 2.75) is 0 Å². The molecule has 0 amide bonds. The van der Waals surface area contributed by atoms with Crippen molar-refractivity contribution >= 4 is 46.4 Å². The lowest BCUT2D eigenvalue weighted by Crippen LogP contribution is -1.85. The number of nitrogens with zero attached hydrogens (tertiary/aromatic N) is 2. The normalized spacial score (nSPS) is 12.4. The van der Waals surface area contributed by atoms with Crippen LogP contribution in [0.3, 0.4) is 0 Å². The van der Waals surface area contributed by atoms with Crippen LogP contribution in [0.15, 0.2) is 60.7 Å². The van der Waals surface area contributed by atoms with E-state index in [1.54, 1.807) is 6.07 Å². The zero-order valence-electron chi connectivity index (χ0n) is 16.7. The van der Waals surface area contributed by atoms with E-state index in [-0.39, 0.29) is 5.56 Å². The maximum absolute atomic E-state index is 14.6. The number of H-pyrrole nitrogens is 2. The van der Waals surface area contributed by atoms with E-state index in [4.69, 9.17) is 0 Å². The van der Waals surface area contributed by atoms with Gasteiger partial charge in [0.05, 0.1) is 22.8 Å². The van der Waals surface area contributed by atoms with Gasteiger partial charge in [-0.3, -0.25) is 0 Å². The zero-order valence-corrected chi connectivity index (χ0v) is 16.7. The summed E-state index contributed by atoms with van der Waals surface area (Å²) < 4.78 is 28.5. The van der Waals surface area contributed by atoms with Crippen LogP contribution in [0.2, 0.25) is 0 Å². The molecule has 0 radical (unpaired) electrons. The number of aromatic nitrogens is 4. The van der Waals surface area contributed by atoms with Gasteiger partial charge in [0.25, 0.3) is 0 Å². The van der Waals surface area contributed by atoms with Crippen LogP contribution in [0.4, 0.5) is 8.78 Å². The van der Waals surface area contributed by atoms with Gasteiger partial charge >= 0.3 is 0 Å². The number of fused-ring (bicyclic) bond motifs is 8. The van der Waals surface area contributed by atoms with Crippen LogP contribution >= 0.6 is 0 Å². The van der Waals surface area contributed by atoms with Crippen LogP contribution in [0.5, 0.6) is 0 Å². The van der Waals surface area contributed by atoms with E-state index in [0.717, 1.165) is 45.8 Å². The summed E-state index contributed by atoms with van der Waals surface area (Å²) in [4.78, 5) is 15.9. The van der Waals surface area contributed by atoms with E-state index in [0.29, 0.717) is 16.8 Å². The molecule has 2 N–H and O–H groups in total. The highest BCUT2D eigenvalue weighted by Gasteiger charge is 2.12. The maximum atomic E-state index is 14.6. The van der Waals surface area contributed by atoms with Gasteiger partial charge in [0.15, 0.2) is 0 Å². The Morgan fingerprint density at radius 1 is 0.531 bits per heavy atom. The molecule has 3 aromatic heterocycles. The Morgan fingerprint density at radius 2 is 1.12 bits per heavy atom. The predicted molar refractivity (Wildman–Crippen MR) is 124 cm³/mol. The number of hydrogen-bond donors (Lipinski definition) is 2. The lowest BCUT2D eigenvalue weighted by atomic mass is 10.1. The molecule has 2 aliphatic heterocycles. The molecular weight excluding hydrogens is 406 g/mol. The first-order valence-electron chi connectivity index (χ1n) is 10.1. The minimum absolute atomic E-state index is 0.187. The fraction of sp³-hybridized carbons (Fsp3) is 0. The topological polar surface area (TPSA) is 57.4 Å². The van der Waals surface area contributed by atoms with Crippen molar-refractivity contribution in [3.8, 4) is 11.1 Å². The molecule has 32 heavy (non-hydrogen) atoms. The second-order valence-corrected chi connectivity index (χ2v) is 7.71. The summed E-state index contributed by atoms with van der Waals surface area (Å²) in [6.07, 6.45) is 7.65. The first-order chi connectivity index (χ1) is 15.6. The maximum Gasteiger partial charge on any atom is 0.131 e. The van der Waals surface area contributed by atoms with Crippen molar-refractivity contribution in [2.24, 2.45) is 0 Å². The second kappa shape index (κ2) is 7.13. The molecular formula is C26H16F2N4. The molecule has 0 spiro atoms. The molecule has 4 nitrogen and oxygen atoms in total. The SMILES string of the molecule is Fc1ccc(F)c(-c2cc3cc4nc(cc5ccc(cc6nc(cc2[nH]3)C=C6)[nH]5)C=C4)c1. The fourth-order valence-electron chi connectivity index (χ4n) is 3.94. The van der Waals surface area contributed by atoms with E-state index >= 15 is 0 Å². The van der Waals surface area contributed by atoms with Crippen LogP contribution in [-0.2, 0) is 0 Å². The van der Waals surface area contributed by atoms with Gasteiger partial charge in [-0.25, -0.2) is 18.7 Å². The Balaban J connectivity index is 1.69. The Labute approximate surface area is 181 Å². The third-order valence-electron chi connectivity index (χ3n) is 5.39. The molecule has 0 saturated carbocycles. The molecule has 1 aromatic carbocycles. The molecule has 0 aliphatic carbocycles. The van der Waals surface area contributed by atoms with Crippen LogP contribution < -0.4 is 0 Å². The van der Waals surface area contributed by atoms with Gasteiger partial charge in [-0.2, -0.15) is 0 Å². The highest BCUT2D eigenvalue weighted by atomic mass is 19.1. The molecule has 8 bridgehead atoms. The van der Waals surface area contributed by atoms with Crippen molar-refractivity contribution in [3.63, 3.8) is 0 Å². The smallest absolute Gasteiger partial charge is 0.131 e. The molecule has 0 saturated heterocycles. The van der Waals surface area contributed by atoms with Crippen molar-refractivity contribution in [1.29, 1.82) is 0 Å².